The minimum Gasteiger partial charge on any atom is -0.370 e. The lowest BCUT2D eigenvalue weighted by atomic mass is 9.95. The van der Waals surface area contributed by atoms with Crippen LogP contribution >= 0.6 is 0 Å². The summed E-state index contributed by atoms with van der Waals surface area (Å²) in [6, 6.07) is 3.57. The molecule has 1 aromatic rings. The maximum atomic E-state index is 13.2. The molecule has 0 bridgehead atoms. The zero-order chi connectivity index (χ0) is 20.3. The minimum atomic E-state index is -4.47. The van der Waals surface area contributed by atoms with E-state index in [2.05, 4.69) is 5.32 Å². The first-order valence-corrected chi connectivity index (χ1v) is 9.78. The Morgan fingerprint density at radius 1 is 1.04 bits per heavy atom. The smallest absolute Gasteiger partial charge is 0.370 e. The molecule has 5 nitrogen and oxygen atoms in total. The normalized spacial score (nSPS) is 18.9. The largest absolute Gasteiger partial charge is 0.416 e. The highest BCUT2D eigenvalue weighted by Gasteiger charge is 2.32. The van der Waals surface area contributed by atoms with Crippen molar-refractivity contribution < 1.29 is 22.8 Å². The van der Waals surface area contributed by atoms with Gasteiger partial charge in [-0.05, 0) is 50.3 Å². The molecule has 2 amide bonds. The highest BCUT2D eigenvalue weighted by molar-refractivity contribution is 5.96. The van der Waals surface area contributed by atoms with Gasteiger partial charge in [0.05, 0.1) is 16.9 Å². The maximum Gasteiger partial charge on any atom is 0.416 e. The van der Waals surface area contributed by atoms with Gasteiger partial charge in [-0.25, -0.2) is 0 Å². The second-order valence-electron chi connectivity index (χ2n) is 7.55. The quantitative estimate of drug-likeness (QED) is 0.842. The van der Waals surface area contributed by atoms with Crippen LogP contribution in [0.1, 0.15) is 44.6 Å². The van der Waals surface area contributed by atoms with Gasteiger partial charge >= 0.3 is 6.18 Å². The van der Waals surface area contributed by atoms with Gasteiger partial charge in [0, 0.05) is 39.0 Å². The number of piperidine rings is 2. The fraction of sp³-hybridized carbons (Fsp3) is 0.600. The van der Waals surface area contributed by atoms with E-state index in [0.29, 0.717) is 31.6 Å². The number of carbonyl (C=O) groups excluding carboxylic acids is 2. The monoisotopic (exact) mass is 397 g/mol. The molecule has 8 heteroatoms. The van der Waals surface area contributed by atoms with Crippen LogP contribution in [0.25, 0.3) is 0 Å². The SMILES string of the molecule is CC(=O)N1CCC(C(=O)Nc2cc(C(F)(F)F)ccc2N2CCCCC2)CC1. The molecule has 0 atom stereocenters. The zero-order valence-corrected chi connectivity index (χ0v) is 16.0. The van der Waals surface area contributed by atoms with E-state index in [1.807, 2.05) is 4.90 Å². The average Bonchev–Trinajstić information content (AvgIpc) is 2.68. The first kappa shape index (κ1) is 20.5. The van der Waals surface area contributed by atoms with Crippen LogP contribution in [0.15, 0.2) is 18.2 Å². The van der Waals surface area contributed by atoms with E-state index in [1.54, 1.807) is 4.90 Å². The second-order valence-corrected chi connectivity index (χ2v) is 7.55. The Morgan fingerprint density at radius 3 is 2.25 bits per heavy atom. The molecule has 0 saturated carbocycles. The number of anilines is 2. The van der Waals surface area contributed by atoms with Gasteiger partial charge in [0.1, 0.15) is 0 Å². The van der Waals surface area contributed by atoms with Crippen molar-refractivity contribution in [2.24, 2.45) is 5.92 Å². The van der Waals surface area contributed by atoms with Crippen LogP contribution in [0, 0.1) is 5.92 Å². The Balaban J connectivity index is 1.78. The Labute approximate surface area is 162 Å². The van der Waals surface area contributed by atoms with Crippen LogP contribution < -0.4 is 10.2 Å². The van der Waals surface area contributed by atoms with Crippen molar-refractivity contribution in [2.75, 3.05) is 36.4 Å². The highest BCUT2D eigenvalue weighted by Crippen LogP contribution is 2.36. The van der Waals surface area contributed by atoms with E-state index in [-0.39, 0.29) is 23.4 Å². The highest BCUT2D eigenvalue weighted by atomic mass is 19.4. The molecule has 2 aliphatic rings. The molecule has 2 saturated heterocycles. The van der Waals surface area contributed by atoms with E-state index < -0.39 is 11.7 Å². The second kappa shape index (κ2) is 8.41. The average molecular weight is 397 g/mol. The van der Waals surface area contributed by atoms with Crippen molar-refractivity contribution in [2.45, 2.75) is 45.2 Å². The minimum absolute atomic E-state index is 0.0240. The van der Waals surface area contributed by atoms with Gasteiger partial charge in [-0.15, -0.1) is 0 Å². The summed E-state index contributed by atoms with van der Waals surface area (Å²) in [4.78, 5) is 27.9. The van der Waals surface area contributed by atoms with Crippen molar-refractivity contribution in [3.8, 4) is 0 Å². The van der Waals surface area contributed by atoms with E-state index >= 15 is 0 Å². The summed E-state index contributed by atoms with van der Waals surface area (Å²) in [7, 11) is 0. The summed E-state index contributed by atoms with van der Waals surface area (Å²) < 4.78 is 39.6. The Morgan fingerprint density at radius 2 is 1.68 bits per heavy atom. The molecule has 0 unspecified atom stereocenters. The molecule has 154 valence electrons. The molecule has 3 rings (SSSR count). The van der Waals surface area contributed by atoms with E-state index in [4.69, 9.17) is 0 Å². The van der Waals surface area contributed by atoms with Crippen molar-refractivity contribution in [1.29, 1.82) is 0 Å². The molecular weight excluding hydrogens is 371 g/mol. The lowest BCUT2D eigenvalue weighted by Crippen LogP contribution is -2.40. The van der Waals surface area contributed by atoms with Gasteiger partial charge in [-0.3, -0.25) is 9.59 Å². The van der Waals surface area contributed by atoms with Gasteiger partial charge < -0.3 is 15.1 Å². The lowest BCUT2D eigenvalue weighted by molar-refractivity contribution is -0.137. The van der Waals surface area contributed by atoms with Crippen molar-refractivity contribution in [3.05, 3.63) is 23.8 Å². The molecule has 0 aromatic heterocycles. The molecule has 0 spiro atoms. The standard InChI is InChI=1S/C20H26F3N3O2/c1-14(27)25-11-7-15(8-12-25)19(28)24-17-13-16(20(21,22)23)5-6-18(17)26-9-3-2-4-10-26/h5-6,13,15H,2-4,7-12H2,1H3,(H,24,28). The van der Waals surface area contributed by atoms with Crippen LogP contribution in [0.2, 0.25) is 0 Å². The summed E-state index contributed by atoms with van der Waals surface area (Å²) in [6.07, 6.45) is -0.358. The topological polar surface area (TPSA) is 52.7 Å². The third-order valence-corrected chi connectivity index (χ3v) is 5.59. The molecule has 2 aliphatic heterocycles. The third kappa shape index (κ3) is 4.77. The summed E-state index contributed by atoms with van der Waals surface area (Å²) in [5, 5.41) is 2.75. The number of hydrogen-bond donors (Lipinski definition) is 1. The number of likely N-dealkylation sites (tertiary alicyclic amines) is 1. The number of nitrogens with one attached hydrogen (secondary N) is 1. The van der Waals surface area contributed by atoms with E-state index in [1.165, 1.54) is 13.0 Å². The predicted molar refractivity (Wildman–Crippen MR) is 101 cm³/mol. The molecule has 2 heterocycles. The first-order chi connectivity index (χ1) is 13.3. The number of rotatable bonds is 3. The summed E-state index contributed by atoms with van der Waals surface area (Å²) >= 11 is 0. The molecule has 1 aromatic carbocycles. The van der Waals surface area contributed by atoms with Gasteiger partial charge in [-0.2, -0.15) is 13.2 Å². The third-order valence-electron chi connectivity index (χ3n) is 5.59. The van der Waals surface area contributed by atoms with Gasteiger partial charge in [0.25, 0.3) is 0 Å². The Hall–Kier alpha value is -2.25. The van der Waals surface area contributed by atoms with Gasteiger partial charge in [0.15, 0.2) is 0 Å². The van der Waals surface area contributed by atoms with Crippen molar-refractivity contribution in [1.82, 2.24) is 4.90 Å². The number of benzene rings is 1. The molecular formula is C20H26F3N3O2. The van der Waals surface area contributed by atoms with Crippen LogP contribution in [-0.2, 0) is 15.8 Å². The lowest BCUT2D eigenvalue weighted by Gasteiger charge is -2.33. The number of nitrogens with zero attached hydrogens (tertiary/aromatic N) is 2. The zero-order valence-electron chi connectivity index (χ0n) is 16.0. The number of amides is 2. The molecule has 28 heavy (non-hydrogen) atoms. The number of halogens is 3. The van der Waals surface area contributed by atoms with Crippen LogP contribution in [-0.4, -0.2) is 42.9 Å². The summed E-state index contributed by atoms with van der Waals surface area (Å²) in [6.45, 7) is 4.02. The fourth-order valence-corrected chi connectivity index (χ4v) is 3.91. The summed E-state index contributed by atoms with van der Waals surface area (Å²) in [5.74, 6) is -0.607. The van der Waals surface area contributed by atoms with Crippen molar-refractivity contribution in [3.63, 3.8) is 0 Å². The predicted octanol–water partition coefficient (Wildman–Crippen LogP) is 3.89. The molecule has 0 aliphatic carbocycles. The fourth-order valence-electron chi connectivity index (χ4n) is 3.91. The first-order valence-electron chi connectivity index (χ1n) is 9.78. The number of carbonyl (C=O) groups is 2. The Kier molecular flexibility index (Phi) is 6.15. The van der Waals surface area contributed by atoms with Crippen LogP contribution in [0.5, 0.6) is 0 Å². The molecule has 1 N–H and O–H groups in total. The van der Waals surface area contributed by atoms with E-state index in [9.17, 15) is 22.8 Å². The van der Waals surface area contributed by atoms with E-state index in [0.717, 1.165) is 44.5 Å². The van der Waals surface area contributed by atoms with Crippen molar-refractivity contribution >= 4 is 23.2 Å². The Bertz CT molecular complexity index is 722. The summed E-state index contributed by atoms with van der Waals surface area (Å²) in [5.41, 5.74) is 0.0907. The number of hydrogen-bond acceptors (Lipinski definition) is 3. The van der Waals surface area contributed by atoms with Crippen LogP contribution in [0.4, 0.5) is 24.5 Å². The number of alkyl halides is 3. The molecule has 0 radical (unpaired) electrons. The van der Waals surface area contributed by atoms with Crippen LogP contribution in [0.3, 0.4) is 0 Å². The molecule has 2 fully saturated rings. The van der Waals surface area contributed by atoms with Gasteiger partial charge in [-0.1, -0.05) is 0 Å². The maximum absolute atomic E-state index is 13.2. The van der Waals surface area contributed by atoms with Gasteiger partial charge in [0.2, 0.25) is 11.8 Å².